The minimum atomic E-state index is -3.54. The number of hydrogen-bond donors (Lipinski definition) is 1. The van der Waals surface area contributed by atoms with E-state index < -0.39 is 15.9 Å². The van der Waals surface area contributed by atoms with Crippen LogP contribution in [0.1, 0.15) is 22.6 Å². The van der Waals surface area contributed by atoms with E-state index in [1.165, 1.54) is 10.5 Å². The van der Waals surface area contributed by atoms with E-state index in [0.717, 1.165) is 18.5 Å². The summed E-state index contributed by atoms with van der Waals surface area (Å²) in [7, 11) is -1.55. The third kappa shape index (κ3) is 5.24. The Bertz CT molecular complexity index is 837. The molecular weight excluding hydrogens is 364 g/mol. The van der Waals surface area contributed by atoms with Crippen LogP contribution in [0, 0.1) is 5.92 Å². The van der Waals surface area contributed by atoms with E-state index in [9.17, 15) is 13.2 Å². The van der Waals surface area contributed by atoms with Gasteiger partial charge in [-0.3, -0.25) is 4.79 Å². The number of rotatable bonds is 7. The average molecular weight is 391 g/mol. The van der Waals surface area contributed by atoms with Crippen LogP contribution in [0.2, 0.25) is 0 Å². The Morgan fingerprint density at radius 2 is 1.96 bits per heavy atom. The normalized spacial score (nSPS) is 18.1. The molecule has 146 valence electrons. The number of ketones is 1. The summed E-state index contributed by atoms with van der Waals surface area (Å²) in [4.78, 5) is 21.9. The molecule has 1 aliphatic heterocycles. The largest absolute Gasteiger partial charge is 0.342 e. The molecule has 2 aromatic rings. The number of Topliss-reactive ketones (excluding diaryl/α,β-unsaturated/α-hetero) is 1. The third-order valence-electron chi connectivity index (χ3n) is 4.91. The lowest BCUT2D eigenvalue weighted by atomic mass is 9.96. The Morgan fingerprint density at radius 1 is 1.19 bits per heavy atom. The molecule has 1 fully saturated rings. The first-order valence-electron chi connectivity index (χ1n) is 9.19. The molecule has 0 aliphatic carbocycles. The van der Waals surface area contributed by atoms with Crippen molar-refractivity contribution in [3.05, 3.63) is 54.1 Å². The van der Waals surface area contributed by atoms with Gasteiger partial charge in [0.05, 0.1) is 5.75 Å². The molecule has 1 aliphatic rings. The van der Waals surface area contributed by atoms with Crippen LogP contribution in [-0.2, 0) is 16.4 Å². The van der Waals surface area contributed by atoms with Gasteiger partial charge in [0.15, 0.2) is 5.82 Å². The second-order valence-electron chi connectivity index (χ2n) is 7.02. The second kappa shape index (κ2) is 8.77. The van der Waals surface area contributed by atoms with Gasteiger partial charge < -0.3 is 9.88 Å². The number of nitrogens with zero attached hydrogens (tertiary/aromatic N) is 3. The van der Waals surface area contributed by atoms with Crippen molar-refractivity contribution in [1.82, 2.24) is 19.2 Å². The van der Waals surface area contributed by atoms with Crippen LogP contribution in [0.25, 0.3) is 0 Å². The van der Waals surface area contributed by atoms with Crippen LogP contribution >= 0.6 is 0 Å². The Hall–Kier alpha value is -2.03. The van der Waals surface area contributed by atoms with Gasteiger partial charge in [0.25, 0.3) is 0 Å². The summed E-state index contributed by atoms with van der Waals surface area (Å²) in [6, 6.07) is 9.51. The van der Waals surface area contributed by atoms with Gasteiger partial charge in [-0.05, 0) is 32.0 Å². The number of likely N-dealkylation sites (N-methyl/N-ethyl adjacent to an activating group) is 1. The van der Waals surface area contributed by atoms with Crippen molar-refractivity contribution < 1.29 is 13.2 Å². The van der Waals surface area contributed by atoms with Gasteiger partial charge in [-0.25, -0.2) is 17.7 Å². The zero-order chi connectivity index (χ0) is 19.3. The van der Waals surface area contributed by atoms with Gasteiger partial charge in [-0.15, -0.1) is 0 Å². The summed E-state index contributed by atoms with van der Waals surface area (Å²) in [5.74, 6) is -0.934. The number of aromatic nitrogens is 2. The molecule has 7 nitrogen and oxygen atoms in total. The van der Waals surface area contributed by atoms with E-state index in [-0.39, 0.29) is 17.4 Å². The molecule has 1 atom stereocenters. The maximum Gasteiger partial charge on any atom is 0.214 e. The van der Waals surface area contributed by atoms with Gasteiger partial charge in [-0.1, -0.05) is 30.3 Å². The Morgan fingerprint density at radius 3 is 2.67 bits per heavy atom. The topological polar surface area (TPSA) is 86.4 Å². The number of carbonyl (C=O) groups excluding carboxylic acids is 1. The van der Waals surface area contributed by atoms with E-state index in [2.05, 4.69) is 14.9 Å². The lowest BCUT2D eigenvalue weighted by Gasteiger charge is -2.23. The van der Waals surface area contributed by atoms with Gasteiger partial charge in [0, 0.05) is 37.9 Å². The van der Waals surface area contributed by atoms with Crippen LogP contribution in [0.4, 0.5) is 0 Å². The molecule has 1 aromatic heterocycles. The maximum absolute atomic E-state index is 13.0. The fraction of sp³-hybridized carbons (Fsp3) is 0.474. The molecule has 0 radical (unpaired) electrons. The number of carbonyl (C=O) groups is 1. The Labute approximate surface area is 160 Å². The number of H-pyrrole nitrogens is 1. The molecule has 0 bridgehead atoms. The van der Waals surface area contributed by atoms with E-state index in [0.29, 0.717) is 26.1 Å². The monoisotopic (exact) mass is 390 g/mol. The first-order chi connectivity index (χ1) is 13.0. The van der Waals surface area contributed by atoms with E-state index in [4.69, 9.17) is 0 Å². The zero-order valence-electron chi connectivity index (χ0n) is 15.5. The first-order valence-corrected chi connectivity index (χ1v) is 10.8. The molecule has 0 amide bonds. The number of sulfonamides is 1. The average Bonchev–Trinajstić information content (AvgIpc) is 3.09. The predicted octanol–water partition coefficient (Wildman–Crippen LogP) is 1.42. The summed E-state index contributed by atoms with van der Waals surface area (Å²) in [6.07, 6.45) is 4.25. The highest BCUT2D eigenvalue weighted by Crippen LogP contribution is 2.18. The van der Waals surface area contributed by atoms with Crippen LogP contribution in [0.15, 0.2) is 42.7 Å². The number of aromatic amines is 1. The third-order valence-corrected chi connectivity index (χ3v) is 6.89. The predicted molar refractivity (Wildman–Crippen MR) is 104 cm³/mol. The minimum Gasteiger partial charge on any atom is -0.342 e. The fourth-order valence-corrected chi connectivity index (χ4v) is 5.14. The molecule has 3 rings (SSSR count). The Kier molecular flexibility index (Phi) is 6.41. The number of imidazole rings is 1. The highest BCUT2D eigenvalue weighted by molar-refractivity contribution is 7.89. The maximum atomic E-state index is 13.0. The number of hydrogen-bond acceptors (Lipinski definition) is 5. The standard InChI is InChI=1S/C19H26N4O3S/c1-22-10-5-11-23(13-12-22)27(25,26)15-17(14-16-6-3-2-4-7-16)18(24)19-20-8-9-21-19/h2-4,6-9,17H,5,10-15H2,1H3,(H,20,21)/t17-/m1/s1. The smallest absolute Gasteiger partial charge is 0.214 e. The molecule has 1 N–H and O–H groups in total. The van der Waals surface area contributed by atoms with Gasteiger partial charge >= 0.3 is 0 Å². The quantitative estimate of drug-likeness (QED) is 0.723. The number of nitrogens with one attached hydrogen (secondary N) is 1. The number of benzene rings is 1. The molecular formula is C19H26N4O3S. The molecule has 27 heavy (non-hydrogen) atoms. The molecule has 2 heterocycles. The molecule has 0 saturated carbocycles. The van der Waals surface area contributed by atoms with Crippen LogP contribution < -0.4 is 0 Å². The SMILES string of the molecule is CN1CCCN(S(=O)(=O)C[C@@H](Cc2ccccc2)C(=O)c2ncc[nH]2)CC1. The molecule has 0 unspecified atom stereocenters. The van der Waals surface area contributed by atoms with E-state index in [1.807, 2.05) is 37.4 Å². The molecule has 0 spiro atoms. The highest BCUT2D eigenvalue weighted by atomic mass is 32.2. The molecule has 1 saturated heterocycles. The highest BCUT2D eigenvalue weighted by Gasteiger charge is 2.32. The molecule has 8 heteroatoms. The van der Waals surface area contributed by atoms with Gasteiger partial charge in [0.1, 0.15) is 0 Å². The van der Waals surface area contributed by atoms with Crippen molar-refractivity contribution >= 4 is 15.8 Å². The van der Waals surface area contributed by atoms with Crippen molar-refractivity contribution in [1.29, 1.82) is 0 Å². The van der Waals surface area contributed by atoms with Crippen LogP contribution in [0.5, 0.6) is 0 Å². The summed E-state index contributed by atoms with van der Waals surface area (Å²) < 4.78 is 27.6. The van der Waals surface area contributed by atoms with Gasteiger partial charge in [-0.2, -0.15) is 0 Å². The van der Waals surface area contributed by atoms with Crippen molar-refractivity contribution in [3.63, 3.8) is 0 Å². The second-order valence-corrected chi connectivity index (χ2v) is 9.04. The van der Waals surface area contributed by atoms with Crippen LogP contribution in [-0.4, -0.2) is 72.4 Å². The summed E-state index contributed by atoms with van der Waals surface area (Å²) in [6.45, 7) is 2.55. The van der Waals surface area contributed by atoms with Gasteiger partial charge in [0.2, 0.25) is 15.8 Å². The van der Waals surface area contributed by atoms with Crippen molar-refractivity contribution in [2.24, 2.45) is 5.92 Å². The first kappa shape index (κ1) is 19.7. The lowest BCUT2D eigenvalue weighted by Crippen LogP contribution is -2.39. The molecule has 1 aromatic carbocycles. The van der Waals surface area contributed by atoms with Crippen molar-refractivity contribution in [2.75, 3.05) is 39.0 Å². The summed E-state index contributed by atoms with van der Waals surface area (Å²) >= 11 is 0. The van der Waals surface area contributed by atoms with E-state index >= 15 is 0 Å². The Balaban J connectivity index is 1.80. The summed E-state index contributed by atoms with van der Waals surface area (Å²) in [5.41, 5.74) is 0.938. The van der Waals surface area contributed by atoms with Crippen molar-refractivity contribution in [3.8, 4) is 0 Å². The van der Waals surface area contributed by atoms with Crippen LogP contribution in [0.3, 0.4) is 0 Å². The lowest BCUT2D eigenvalue weighted by molar-refractivity contribution is 0.0920. The summed E-state index contributed by atoms with van der Waals surface area (Å²) in [5, 5.41) is 0. The van der Waals surface area contributed by atoms with Crippen molar-refractivity contribution in [2.45, 2.75) is 12.8 Å². The zero-order valence-corrected chi connectivity index (χ0v) is 16.4. The van der Waals surface area contributed by atoms with E-state index in [1.54, 1.807) is 6.20 Å². The fourth-order valence-electron chi connectivity index (χ4n) is 3.38. The minimum absolute atomic E-state index is 0.203.